The SMILES string of the molecule is [Ru][C]1=CC=CC1.c1ccc(P(c2ccccc2)c2ccccc2)cc1.c1ccc(P(c2ccccc2)c2ccccc2)cc1. The number of hydrogen-bond acceptors (Lipinski definition) is 0. The second-order valence-electron chi connectivity index (χ2n) is 9.91. The molecule has 0 unspecified atom stereocenters. The standard InChI is InChI=1S/2C18H15P.C5H5.Ru/c2*1-4-10-16(11-5-1)19(17-12-6-2-7-13-17)18-14-8-3-9-15-18;1-2-4-5-3-1;/h2*1-15H;1-3H,4H2;. The topological polar surface area (TPSA) is 0 Å². The molecule has 6 aromatic carbocycles. The number of allylic oxidation sites excluding steroid dienone is 4. The Labute approximate surface area is 275 Å². The molecule has 0 saturated heterocycles. The molecular weight excluding hydrogens is 655 g/mol. The molecule has 0 nitrogen and oxygen atoms in total. The van der Waals surface area contributed by atoms with E-state index in [0.29, 0.717) is 0 Å². The van der Waals surface area contributed by atoms with Crippen LogP contribution in [0.3, 0.4) is 0 Å². The van der Waals surface area contributed by atoms with E-state index in [4.69, 9.17) is 0 Å². The van der Waals surface area contributed by atoms with Crippen LogP contribution in [0.15, 0.2) is 204 Å². The number of hydrogen-bond donors (Lipinski definition) is 0. The fourth-order valence-electron chi connectivity index (χ4n) is 4.77. The minimum absolute atomic E-state index is 0.446. The Kier molecular flexibility index (Phi) is 12.6. The molecule has 0 amide bonds. The van der Waals surface area contributed by atoms with Gasteiger partial charge in [-0.3, -0.25) is 0 Å². The molecule has 0 N–H and O–H groups in total. The normalized spacial score (nSPS) is 11.7. The molecule has 0 bridgehead atoms. The van der Waals surface area contributed by atoms with Crippen molar-refractivity contribution in [1.29, 1.82) is 0 Å². The summed E-state index contributed by atoms with van der Waals surface area (Å²) in [5, 5.41) is 8.39. The third-order valence-corrected chi connectivity index (χ3v) is 12.3. The van der Waals surface area contributed by atoms with Crippen molar-refractivity contribution in [3.8, 4) is 0 Å². The maximum atomic E-state index is 2.59. The van der Waals surface area contributed by atoms with E-state index in [1.807, 2.05) is 0 Å². The Morgan fingerprint density at radius 1 is 0.341 bits per heavy atom. The van der Waals surface area contributed by atoms with Crippen LogP contribution in [0.4, 0.5) is 0 Å². The fourth-order valence-corrected chi connectivity index (χ4v) is 9.76. The average Bonchev–Trinajstić information content (AvgIpc) is 3.59. The van der Waals surface area contributed by atoms with Crippen molar-refractivity contribution in [3.63, 3.8) is 0 Å². The molecule has 0 aromatic heterocycles. The Hall–Kier alpha value is -3.72. The van der Waals surface area contributed by atoms with E-state index in [2.05, 4.69) is 219 Å². The second-order valence-corrected chi connectivity index (χ2v) is 15.5. The van der Waals surface area contributed by atoms with Gasteiger partial charge in [0.15, 0.2) is 0 Å². The monoisotopic (exact) mass is 691 g/mol. The van der Waals surface area contributed by atoms with Gasteiger partial charge in [-0.2, -0.15) is 0 Å². The number of benzene rings is 6. The molecule has 0 atom stereocenters. The molecule has 217 valence electrons. The molecule has 0 aliphatic heterocycles. The fraction of sp³-hybridized carbons (Fsp3) is 0.0244. The van der Waals surface area contributed by atoms with Gasteiger partial charge in [0, 0.05) is 0 Å². The maximum absolute atomic E-state index is 2.59. The molecule has 0 fully saturated rings. The average molecular weight is 691 g/mol. The van der Waals surface area contributed by atoms with E-state index in [1.165, 1.54) is 36.0 Å². The summed E-state index contributed by atoms with van der Waals surface area (Å²) in [4.78, 5) is 0. The first-order chi connectivity index (χ1) is 21.8. The molecule has 0 heterocycles. The van der Waals surface area contributed by atoms with Gasteiger partial charge in [0.2, 0.25) is 0 Å². The minimum Gasteiger partial charge on any atom is -0.0622 e. The summed E-state index contributed by atoms with van der Waals surface area (Å²) < 4.78 is 1.40. The first-order valence-electron chi connectivity index (χ1n) is 14.7. The van der Waals surface area contributed by atoms with Gasteiger partial charge in [-0.15, -0.1) is 0 Å². The molecule has 0 radical (unpaired) electrons. The molecule has 1 aliphatic rings. The Balaban J connectivity index is 0.000000147. The zero-order valence-electron chi connectivity index (χ0n) is 24.5. The summed E-state index contributed by atoms with van der Waals surface area (Å²) in [5.41, 5.74) is 0. The molecule has 0 saturated carbocycles. The second kappa shape index (κ2) is 17.5. The zero-order chi connectivity index (χ0) is 30.2. The summed E-state index contributed by atoms with van der Waals surface area (Å²) in [6.07, 6.45) is 7.46. The molecule has 3 heteroatoms. The molecule has 1 aliphatic carbocycles. The zero-order valence-corrected chi connectivity index (χ0v) is 28.0. The van der Waals surface area contributed by atoms with Gasteiger partial charge >= 0.3 is 47.1 Å². The van der Waals surface area contributed by atoms with E-state index in [0.717, 1.165) is 6.42 Å². The quantitative estimate of drug-likeness (QED) is 0.122. The Bertz CT molecular complexity index is 1400. The van der Waals surface area contributed by atoms with Crippen LogP contribution < -0.4 is 31.8 Å². The van der Waals surface area contributed by atoms with Gasteiger partial charge in [0.25, 0.3) is 0 Å². The van der Waals surface area contributed by atoms with Gasteiger partial charge in [-0.1, -0.05) is 182 Å². The first-order valence-corrected chi connectivity index (χ1v) is 18.3. The van der Waals surface area contributed by atoms with E-state index >= 15 is 0 Å². The van der Waals surface area contributed by atoms with E-state index in [1.54, 1.807) is 0 Å². The van der Waals surface area contributed by atoms with Crippen molar-refractivity contribution >= 4 is 47.7 Å². The molecule has 7 rings (SSSR count). The molecule has 0 spiro atoms. The van der Waals surface area contributed by atoms with Gasteiger partial charge in [-0.25, -0.2) is 0 Å². The van der Waals surface area contributed by atoms with Crippen LogP contribution in [0, 0.1) is 0 Å². The van der Waals surface area contributed by atoms with E-state index in [-0.39, 0.29) is 0 Å². The summed E-state index contributed by atoms with van der Waals surface area (Å²) in [6.45, 7) is 0. The van der Waals surface area contributed by atoms with Crippen LogP contribution in [-0.4, -0.2) is 0 Å². The van der Waals surface area contributed by atoms with E-state index in [9.17, 15) is 0 Å². The summed E-state index contributed by atoms with van der Waals surface area (Å²) in [6, 6.07) is 64.7. The first kappa shape index (κ1) is 31.7. The largest absolute Gasteiger partial charge is 0.0622 e. The summed E-state index contributed by atoms with van der Waals surface area (Å²) in [5.74, 6) is 0. The predicted octanol–water partition coefficient (Wildman–Crippen LogP) is 8.27. The van der Waals surface area contributed by atoms with Crippen molar-refractivity contribution < 1.29 is 18.3 Å². The van der Waals surface area contributed by atoms with Crippen molar-refractivity contribution in [2.75, 3.05) is 0 Å². The van der Waals surface area contributed by atoms with Crippen LogP contribution in [0.2, 0.25) is 0 Å². The summed E-state index contributed by atoms with van der Waals surface area (Å²) >= 11 is 2.59. The predicted molar refractivity (Wildman–Crippen MR) is 192 cm³/mol. The summed E-state index contributed by atoms with van der Waals surface area (Å²) in [7, 11) is -0.892. The van der Waals surface area contributed by atoms with Crippen LogP contribution in [0.25, 0.3) is 0 Å². The molecule has 6 aromatic rings. The van der Waals surface area contributed by atoms with Gasteiger partial charge < -0.3 is 0 Å². The number of rotatable bonds is 6. The smallest absolute Gasteiger partial charge is 0.0134 e. The van der Waals surface area contributed by atoms with Crippen LogP contribution in [0.1, 0.15) is 6.42 Å². The minimum atomic E-state index is -0.446. The third-order valence-electron chi connectivity index (χ3n) is 6.80. The van der Waals surface area contributed by atoms with Gasteiger partial charge in [0.05, 0.1) is 0 Å². The molecule has 44 heavy (non-hydrogen) atoms. The van der Waals surface area contributed by atoms with Crippen molar-refractivity contribution in [1.82, 2.24) is 0 Å². The third kappa shape index (κ3) is 9.39. The van der Waals surface area contributed by atoms with Crippen molar-refractivity contribution in [3.05, 3.63) is 204 Å². The van der Waals surface area contributed by atoms with Crippen LogP contribution >= 0.6 is 15.8 Å². The Morgan fingerprint density at radius 3 is 0.705 bits per heavy atom. The van der Waals surface area contributed by atoms with E-state index < -0.39 is 15.8 Å². The van der Waals surface area contributed by atoms with Crippen LogP contribution in [0.5, 0.6) is 0 Å². The van der Waals surface area contributed by atoms with Gasteiger partial charge in [-0.05, 0) is 47.7 Å². The maximum Gasteiger partial charge on any atom is -0.0134 e. The van der Waals surface area contributed by atoms with Gasteiger partial charge in [0.1, 0.15) is 0 Å². The molecular formula is C41H35P2Ru. The van der Waals surface area contributed by atoms with Crippen molar-refractivity contribution in [2.24, 2.45) is 0 Å². The van der Waals surface area contributed by atoms with Crippen LogP contribution in [-0.2, 0) is 18.3 Å². The Morgan fingerprint density at radius 2 is 0.568 bits per heavy atom. The van der Waals surface area contributed by atoms with Crippen molar-refractivity contribution in [2.45, 2.75) is 6.42 Å².